The van der Waals surface area contributed by atoms with Gasteiger partial charge >= 0.3 is 0 Å². The number of aryl methyl sites for hydroxylation is 3. The van der Waals surface area contributed by atoms with Crippen LogP contribution in [-0.4, -0.2) is 9.97 Å². The smallest absolute Gasteiger partial charge is 0.135 e. The van der Waals surface area contributed by atoms with Gasteiger partial charge in [0.15, 0.2) is 0 Å². The molecule has 1 heterocycles. The van der Waals surface area contributed by atoms with Crippen LogP contribution in [0, 0.1) is 20.8 Å². The number of nitrogens with two attached hydrogens (primary N) is 1. The maximum atomic E-state index is 5.92. The third-order valence-electron chi connectivity index (χ3n) is 2.62. The molecule has 0 saturated carbocycles. The van der Waals surface area contributed by atoms with Crippen molar-refractivity contribution in [3.63, 3.8) is 0 Å². The zero-order chi connectivity index (χ0) is 11.7. The van der Waals surface area contributed by atoms with Crippen molar-refractivity contribution in [3.05, 3.63) is 41.3 Å². The highest BCUT2D eigenvalue weighted by atomic mass is 14.9. The summed E-state index contributed by atoms with van der Waals surface area (Å²) in [4.78, 5) is 8.38. The topological polar surface area (TPSA) is 51.8 Å². The normalized spacial score (nSPS) is 10.4. The molecule has 0 aliphatic rings. The Kier molecular flexibility index (Phi) is 2.60. The van der Waals surface area contributed by atoms with Crippen molar-refractivity contribution in [2.75, 3.05) is 5.73 Å². The maximum absolute atomic E-state index is 5.92. The fourth-order valence-electron chi connectivity index (χ4n) is 1.72. The molecule has 0 saturated heterocycles. The van der Waals surface area contributed by atoms with Crippen molar-refractivity contribution in [2.45, 2.75) is 20.8 Å². The molecule has 0 unspecified atom stereocenters. The highest BCUT2D eigenvalue weighted by Gasteiger charge is 2.07. The molecule has 0 spiro atoms. The minimum absolute atomic E-state index is 0.543. The summed E-state index contributed by atoms with van der Waals surface area (Å²) < 4.78 is 0. The van der Waals surface area contributed by atoms with E-state index in [2.05, 4.69) is 42.0 Å². The fraction of sp³-hybridized carbons (Fsp3) is 0.231. The van der Waals surface area contributed by atoms with E-state index >= 15 is 0 Å². The van der Waals surface area contributed by atoms with Gasteiger partial charge < -0.3 is 5.73 Å². The number of aromatic nitrogens is 2. The van der Waals surface area contributed by atoms with Crippen molar-refractivity contribution < 1.29 is 0 Å². The van der Waals surface area contributed by atoms with Crippen LogP contribution in [0.15, 0.2) is 24.4 Å². The van der Waals surface area contributed by atoms with Gasteiger partial charge in [0.05, 0.1) is 0 Å². The summed E-state index contributed by atoms with van der Waals surface area (Å²) in [6, 6.07) is 6.29. The minimum Gasteiger partial charge on any atom is -0.383 e. The van der Waals surface area contributed by atoms with Crippen LogP contribution in [0.4, 0.5) is 5.82 Å². The zero-order valence-electron chi connectivity index (χ0n) is 9.78. The fourth-order valence-corrected chi connectivity index (χ4v) is 1.72. The maximum Gasteiger partial charge on any atom is 0.135 e. The molecule has 0 aliphatic carbocycles. The zero-order valence-corrected chi connectivity index (χ0v) is 9.78. The second-order valence-corrected chi connectivity index (χ2v) is 4.03. The molecule has 1 aromatic heterocycles. The van der Waals surface area contributed by atoms with Crippen LogP contribution in [0.2, 0.25) is 0 Å². The minimum atomic E-state index is 0.543. The predicted molar refractivity (Wildman–Crippen MR) is 66.1 cm³/mol. The molecule has 0 aliphatic heterocycles. The Labute approximate surface area is 95.4 Å². The molecule has 2 N–H and O–H groups in total. The number of benzene rings is 1. The molecule has 0 atom stereocenters. The average Bonchev–Trinajstić information content (AvgIpc) is 2.22. The molecular formula is C13H15N3. The lowest BCUT2D eigenvalue weighted by atomic mass is 10.00. The third kappa shape index (κ3) is 1.89. The number of nitrogens with zero attached hydrogens (tertiary/aromatic N) is 2. The van der Waals surface area contributed by atoms with Gasteiger partial charge in [-0.1, -0.05) is 23.8 Å². The van der Waals surface area contributed by atoms with Gasteiger partial charge in [0.25, 0.3) is 0 Å². The highest BCUT2D eigenvalue weighted by molar-refractivity contribution is 5.75. The molecule has 0 fully saturated rings. The van der Waals surface area contributed by atoms with Gasteiger partial charge in [0, 0.05) is 11.8 Å². The lowest BCUT2D eigenvalue weighted by molar-refractivity contribution is 1.06. The van der Waals surface area contributed by atoms with E-state index in [1.54, 1.807) is 6.20 Å². The van der Waals surface area contributed by atoms with Crippen molar-refractivity contribution in [1.29, 1.82) is 0 Å². The standard InChI is InChI=1S/C13H15N3/c1-8-4-5-9(2)11(6-8)12-7-15-10(3)16-13(12)14/h4-7H,1-3H3,(H2,14,15,16). The van der Waals surface area contributed by atoms with Crippen LogP contribution < -0.4 is 5.73 Å². The summed E-state index contributed by atoms with van der Waals surface area (Å²) in [5.74, 6) is 1.24. The molecule has 0 amide bonds. The summed E-state index contributed by atoms with van der Waals surface area (Å²) in [5, 5.41) is 0. The van der Waals surface area contributed by atoms with E-state index in [9.17, 15) is 0 Å². The van der Waals surface area contributed by atoms with Crippen LogP contribution in [0.25, 0.3) is 11.1 Å². The van der Waals surface area contributed by atoms with Gasteiger partial charge in [-0.05, 0) is 31.9 Å². The Morgan fingerprint density at radius 3 is 2.50 bits per heavy atom. The Bertz CT molecular complexity index is 533. The Morgan fingerprint density at radius 2 is 1.81 bits per heavy atom. The van der Waals surface area contributed by atoms with Gasteiger partial charge in [0.2, 0.25) is 0 Å². The van der Waals surface area contributed by atoms with E-state index < -0.39 is 0 Å². The molecule has 0 bridgehead atoms. The summed E-state index contributed by atoms with van der Waals surface area (Å²) in [7, 11) is 0. The van der Waals surface area contributed by atoms with E-state index in [1.807, 2.05) is 6.92 Å². The summed E-state index contributed by atoms with van der Waals surface area (Å²) in [6.07, 6.45) is 1.79. The van der Waals surface area contributed by atoms with E-state index in [1.165, 1.54) is 11.1 Å². The molecule has 3 nitrogen and oxygen atoms in total. The average molecular weight is 213 g/mol. The van der Waals surface area contributed by atoms with E-state index in [0.717, 1.165) is 11.1 Å². The summed E-state index contributed by atoms with van der Waals surface area (Å²) >= 11 is 0. The van der Waals surface area contributed by atoms with Crippen LogP contribution in [0.5, 0.6) is 0 Å². The largest absolute Gasteiger partial charge is 0.383 e. The monoisotopic (exact) mass is 213 g/mol. The first-order chi connectivity index (χ1) is 7.58. The molecule has 3 heteroatoms. The molecule has 1 aromatic carbocycles. The van der Waals surface area contributed by atoms with E-state index in [0.29, 0.717) is 11.6 Å². The lowest BCUT2D eigenvalue weighted by Crippen LogP contribution is -1.99. The number of anilines is 1. The number of hydrogen-bond donors (Lipinski definition) is 1. The van der Waals surface area contributed by atoms with Crippen molar-refractivity contribution in [1.82, 2.24) is 9.97 Å². The Morgan fingerprint density at radius 1 is 1.06 bits per heavy atom. The Balaban J connectivity index is 2.62. The Hall–Kier alpha value is -1.90. The quantitative estimate of drug-likeness (QED) is 0.792. The second-order valence-electron chi connectivity index (χ2n) is 4.03. The number of hydrogen-bond acceptors (Lipinski definition) is 3. The first-order valence-corrected chi connectivity index (χ1v) is 5.24. The highest BCUT2D eigenvalue weighted by Crippen LogP contribution is 2.27. The molecule has 82 valence electrons. The van der Waals surface area contributed by atoms with E-state index in [-0.39, 0.29) is 0 Å². The summed E-state index contributed by atoms with van der Waals surface area (Å²) in [6.45, 7) is 5.96. The van der Waals surface area contributed by atoms with Gasteiger partial charge in [-0.15, -0.1) is 0 Å². The van der Waals surface area contributed by atoms with Gasteiger partial charge in [-0.2, -0.15) is 0 Å². The molecule has 16 heavy (non-hydrogen) atoms. The van der Waals surface area contributed by atoms with Crippen molar-refractivity contribution in [2.24, 2.45) is 0 Å². The van der Waals surface area contributed by atoms with Gasteiger partial charge in [0.1, 0.15) is 11.6 Å². The first kappa shape index (κ1) is 10.6. The predicted octanol–water partition coefficient (Wildman–Crippen LogP) is 2.65. The van der Waals surface area contributed by atoms with Crippen LogP contribution in [0.1, 0.15) is 17.0 Å². The SMILES string of the molecule is Cc1ccc(C)c(-c2cnc(C)nc2N)c1. The van der Waals surface area contributed by atoms with Crippen molar-refractivity contribution in [3.8, 4) is 11.1 Å². The van der Waals surface area contributed by atoms with Crippen molar-refractivity contribution >= 4 is 5.82 Å². The number of rotatable bonds is 1. The second kappa shape index (κ2) is 3.93. The summed E-state index contributed by atoms with van der Waals surface area (Å²) in [5.41, 5.74) is 10.3. The van der Waals surface area contributed by atoms with E-state index in [4.69, 9.17) is 5.73 Å². The van der Waals surface area contributed by atoms with Crippen LogP contribution in [-0.2, 0) is 0 Å². The molecule has 2 aromatic rings. The molecule has 0 radical (unpaired) electrons. The lowest BCUT2D eigenvalue weighted by Gasteiger charge is -2.09. The first-order valence-electron chi connectivity index (χ1n) is 5.24. The van der Waals surface area contributed by atoms with Crippen LogP contribution in [0.3, 0.4) is 0 Å². The third-order valence-corrected chi connectivity index (χ3v) is 2.62. The van der Waals surface area contributed by atoms with Crippen LogP contribution >= 0.6 is 0 Å². The van der Waals surface area contributed by atoms with Gasteiger partial charge in [-0.25, -0.2) is 9.97 Å². The number of nitrogen functional groups attached to an aromatic ring is 1. The van der Waals surface area contributed by atoms with Gasteiger partial charge in [-0.3, -0.25) is 0 Å². The molecular weight excluding hydrogens is 198 g/mol. The molecule has 2 rings (SSSR count).